The summed E-state index contributed by atoms with van der Waals surface area (Å²) < 4.78 is 44.3. The summed E-state index contributed by atoms with van der Waals surface area (Å²) in [5.74, 6) is 0.676. The van der Waals surface area contributed by atoms with Gasteiger partial charge in [0.2, 0.25) is 11.6 Å². The second kappa shape index (κ2) is 8.74. The number of benzene rings is 1. The molecule has 2 aliphatic rings. The number of rotatable bonds is 6. The number of allylic oxidation sites excluding steroid dienone is 2. The molecule has 144 valence electrons. The van der Waals surface area contributed by atoms with E-state index in [0.29, 0.717) is 31.0 Å². The van der Waals surface area contributed by atoms with Crippen LogP contribution in [-0.4, -0.2) is 19.8 Å². The summed E-state index contributed by atoms with van der Waals surface area (Å²) in [5.41, 5.74) is 0. The van der Waals surface area contributed by atoms with E-state index in [1.165, 1.54) is 12.1 Å². The third-order valence-corrected chi connectivity index (χ3v) is 5.58. The molecule has 26 heavy (non-hydrogen) atoms. The van der Waals surface area contributed by atoms with Crippen LogP contribution in [0.4, 0.5) is 8.78 Å². The molecule has 1 aliphatic carbocycles. The van der Waals surface area contributed by atoms with Crippen LogP contribution in [0.5, 0.6) is 11.5 Å². The van der Waals surface area contributed by atoms with Crippen molar-refractivity contribution in [1.29, 1.82) is 0 Å². The zero-order chi connectivity index (χ0) is 18.5. The summed E-state index contributed by atoms with van der Waals surface area (Å²) in [6.45, 7) is 5.28. The standard InChI is InChI=1S/C21H28F2O3/c1-3-24-18-10-11-19(21(23)20(18)22)26-12-15-5-8-16(9-6-15)17-7-4-14(2)25-13-17/h4,10-11,15-17H,3,5-9,12-13H2,1-2H3. The lowest BCUT2D eigenvalue weighted by Gasteiger charge is -2.35. The van der Waals surface area contributed by atoms with Gasteiger partial charge in [0.15, 0.2) is 11.5 Å². The van der Waals surface area contributed by atoms with Gasteiger partial charge in [0.1, 0.15) is 0 Å². The molecule has 1 atom stereocenters. The Morgan fingerprint density at radius 3 is 2.23 bits per heavy atom. The van der Waals surface area contributed by atoms with Crippen LogP contribution in [-0.2, 0) is 4.74 Å². The van der Waals surface area contributed by atoms with Crippen LogP contribution in [0.1, 0.15) is 46.0 Å². The number of hydrogen-bond acceptors (Lipinski definition) is 3. The summed E-state index contributed by atoms with van der Waals surface area (Å²) in [4.78, 5) is 0. The minimum absolute atomic E-state index is 0.0330. The summed E-state index contributed by atoms with van der Waals surface area (Å²) in [5, 5.41) is 0. The molecule has 3 rings (SSSR count). The molecule has 0 bridgehead atoms. The van der Waals surface area contributed by atoms with Crippen molar-refractivity contribution < 1.29 is 23.0 Å². The Morgan fingerprint density at radius 2 is 1.65 bits per heavy atom. The van der Waals surface area contributed by atoms with Crippen molar-refractivity contribution in [3.63, 3.8) is 0 Å². The Kier molecular flexibility index (Phi) is 6.38. The Balaban J connectivity index is 1.47. The lowest BCUT2D eigenvalue weighted by Crippen LogP contribution is -2.28. The minimum Gasteiger partial charge on any atom is -0.498 e. The molecule has 1 unspecified atom stereocenters. The Morgan fingerprint density at radius 1 is 1.00 bits per heavy atom. The van der Waals surface area contributed by atoms with E-state index in [1.807, 2.05) is 6.92 Å². The van der Waals surface area contributed by atoms with Gasteiger partial charge in [0, 0.05) is 0 Å². The lowest BCUT2D eigenvalue weighted by atomic mass is 9.75. The van der Waals surface area contributed by atoms with Crippen molar-refractivity contribution in [2.24, 2.45) is 17.8 Å². The molecule has 1 fully saturated rings. The quantitative estimate of drug-likeness (QED) is 0.666. The Hall–Kier alpha value is -1.78. The molecule has 0 N–H and O–H groups in total. The highest BCUT2D eigenvalue weighted by Crippen LogP contribution is 2.37. The topological polar surface area (TPSA) is 27.7 Å². The molecule has 5 heteroatoms. The fraction of sp³-hybridized carbons (Fsp3) is 0.619. The van der Waals surface area contributed by atoms with Gasteiger partial charge in [0.05, 0.1) is 25.6 Å². The van der Waals surface area contributed by atoms with Gasteiger partial charge in [-0.05, 0) is 81.9 Å². The second-order valence-electron chi connectivity index (χ2n) is 7.34. The maximum atomic E-state index is 14.1. The predicted octanol–water partition coefficient (Wildman–Crippen LogP) is 5.49. The molecule has 0 amide bonds. The van der Waals surface area contributed by atoms with E-state index in [9.17, 15) is 8.78 Å². The zero-order valence-corrected chi connectivity index (χ0v) is 15.6. The molecule has 0 aromatic heterocycles. The van der Waals surface area contributed by atoms with E-state index in [4.69, 9.17) is 14.2 Å². The largest absolute Gasteiger partial charge is 0.498 e. The van der Waals surface area contributed by atoms with E-state index in [0.717, 1.165) is 44.5 Å². The van der Waals surface area contributed by atoms with Crippen molar-refractivity contribution in [3.8, 4) is 11.5 Å². The van der Waals surface area contributed by atoms with E-state index >= 15 is 0 Å². The van der Waals surface area contributed by atoms with Crippen molar-refractivity contribution in [1.82, 2.24) is 0 Å². The molecular formula is C21H28F2O3. The zero-order valence-electron chi connectivity index (χ0n) is 15.6. The van der Waals surface area contributed by atoms with Crippen LogP contribution in [0.25, 0.3) is 0 Å². The molecule has 0 saturated heterocycles. The molecular weight excluding hydrogens is 338 g/mol. The minimum atomic E-state index is -0.978. The first-order valence-corrected chi connectivity index (χ1v) is 9.61. The molecule has 1 aromatic rings. The van der Waals surface area contributed by atoms with Crippen LogP contribution in [0.15, 0.2) is 24.0 Å². The summed E-state index contributed by atoms with van der Waals surface area (Å²) in [6, 6.07) is 2.87. The van der Waals surface area contributed by atoms with Crippen molar-refractivity contribution >= 4 is 0 Å². The lowest BCUT2D eigenvalue weighted by molar-refractivity contribution is 0.0814. The van der Waals surface area contributed by atoms with Crippen LogP contribution >= 0.6 is 0 Å². The maximum absolute atomic E-state index is 14.1. The van der Waals surface area contributed by atoms with Crippen molar-refractivity contribution in [2.45, 2.75) is 46.0 Å². The molecule has 1 saturated carbocycles. The predicted molar refractivity (Wildman–Crippen MR) is 96.3 cm³/mol. The molecule has 0 spiro atoms. The van der Waals surface area contributed by atoms with Gasteiger partial charge in [-0.1, -0.05) is 0 Å². The molecule has 1 aromatic carbocycles. The average Bonchev–Trinajstić information content (AvgIpc) is 2.66. The van der Waals surface area contributed by atoms with Crippen LogP contribution < -0.4 is 9.47 Å². The summed E-state index contributed by atoms with van der Waals surface area (Å²) >= 11 is 0. The first kappa shape index (κ1) is 19.0. The van der Waals surface area contributed by atoms with Gasteiger partial charge >= 0.3 is 0 Å². The second-order valence-corrected chi connectivity index (χ2v) is 7.34. The molecule has 1 heterocycles. The van der Waals surface area contributed by atoms with Gasteiger partial charge in [-0.2, -0.15) is 8.78 Å². The number of halogens is 2. The monoisotopic (exact) mass is 366 g/mol. The van der Waals surface area contributed by atoms with Gasteiger partial charge in [0.25, 0.3) is 0 Å². The van der Waals surface area contributed by atoms with E-state index < -0.39 is 11.6 Å². The number of hydrogen-bond donors (Lipinski definition) is 0. The third-order valence-electron chi connectivity index (χ3n) is 5.58. The molecule has 1 aliphatic heterocycles. The molecule has 0 radical (unpaired) electrons. The van der Waals surface area contributed by atoms with Crippen LogP contribution in [0, 0.1) is 29.4 Å². The van der Waals surface area contributed by atoms with Gasteiger partial charge < -0.3 is 14.2 Å². The average molecular weight is 366 g/mol. The third kappa shape index (κ3) is 4.49. The SMILES string of the molecule is CCOc1ccc(OCC2CCC(C3CC=C(C)OC3)CC2)c(F)c1F. The highest BCUT2D eigenvalue weighted by molar-refractivity contribution is 5.35. The maximum Gasteiger partial charge on any atom is 0.204 e. The normalized spacial score (nSPS) is 26.0. The van der Waals surface area contributed by atoms with E-state index in [1.54, 1.807) is 6.92 Å². The van der Waals surface area contributed by atoms with Gasteiger partial charge in [-0.25, -0.2) is 0 Å². The number of ether oxygens (including phenoxy) is 3. The Bertz CT molecular complexity index is 636. The smallest absolute Gasteiger partial charge is 0.204 e. The summed E-state index contributed by atoms with van der Waals surface area (Å²) in [7, 11) is 0. The van der Waals surface area contributed by atoms with E-state index in [-0.39, 0.29) is 11.5 Å². The summed E-state index contributed by atoms with van der Waals surface area (Å²) in [6.07, 6.45) is 7.71. The van der Waals surface area contributed by atoms with Crippen molar-refractivity contribution in [2.75, 3.05) is 19.8 Å². The van der Waals surface area contributed by atoms with Crippen LogP contribution in [0.3, 0.4) is 0 Å². The van der Waals surface area contributed by atoms with Gasteiger partial charge in [-0.3, -0.25) is 0 Å². The van der Waals surface area contributed by atoms with Gasteiger partial charge in [-0.15, -0.1) is 0 Å². The van der Waals surface area contributed by atoms with E-state index in [2.05, 4.69) is 6.08 Å². The first-order valence-electron chi connectivity index (χ1n) is 9.61. The highest BCUT2D eigenvalue weighted by Gasteiger charge is 2.29. The fourth-order valence-electron chi connectivity index (χ4n) is 3.94. The highest BCUT2D eigenvalue weighted by atomic mass is 19.2. The molecule has 3 nitrogen and oxygen atoms in total. The fourth-order valence-corrected chi connectivity index (χ4v) is 3.94. The van der Waals surface area contributed by atoms with Crippen LogP contribution in [0.2, 0.25) is 0 Å². The Labute approximate surface area is 154 Å². The van der Waals surface area contributed by atoms with Crippen molar-refractivity contribution in [3.05, 3.63) is 35.6 Å². The first-order chi connectivity index (χ1) is 12.6.